The molecule has 0 atom stereocenters. The van der Waals surface area contributed by atoms with Crippen molar-refractivity contribution in [3.63, 3.8) is 0 Å². The van der Waals surface area contributed by atoms with E-state index in [2.05, 4.69) is 27.9 Å². The lowest BCUT2D eigenvalue weighted by Gasteiger charge is -2.31. The monoisotopic (exact) mass is 305 g/mol. The molecule has 0 bridgehead atoms. The van der Waals surface area contributed by atoms with Crippen molar-refractivity contribution in [2.45, 2.75) is 32.1 Å². The lowest BCUT2D eigenvalue weighted by Crippen LogP contribution is -2.38. The molecule has 21 heavy (non-hydrogen) atoms. The van der Waals surface area contributed by atoms with Gasteiger partial charge in [-0.3, -0.25) is 4.79 Å². The Bertz CT molecular complexity index is 648. The van der Waals surface area contributed by atoms with Gasteiger partial charge in [-0.05, 0) is 37.7 Å². The van der Waals surface area contributed by atoms with Gasteiger partial charge < -0.3 is 4.90 Å². The molecular formula is C14H19N5OS. The van der Waals surface area contributed by atoms with Crippen molar-refractivity contribution in [3.8, 4) is 0 Å². The fourth-order valence-corrected chi connectivity index (χ4v) is 3.00. The molecule has 0 spiro atoms. The van der Waals surface area contributed by atoms with E-state index in [1.807, 2.05) is 24.0 Å². The summed E-state index contributed by atoms with van der Waals surface area (Å²) in [5.41, 5.74) is 1.84. The van der Waals surface area contributed by atoms with Gasteiger partial charge in [-0.2, -0.15) is 22.2 Å². The van der Waals surface area contributed by atoms with E-state index in [0.717, 1.165) is 43.1 Å². The van der Waals surface area contributed by atoms with Crippen LogP contribution in [0, 0.1) is 6.92 Å². The van der Waals surface area contributed by atoms with Crippen LogP contribution in [-0.4, -0.2) is 49.5 Å². The van der Waals surface area contributed by atoms with E-state index < -0.39 is 0 Å². The van der Waals surface area contributed by atoms with Gasteiger partial charge in [0.05, 0.1) is 5.69 Å². The van der Waals surface area contributed by atoms with Gasteiger partial charge in [0, 0.05) is 25.4 Å². The van der Waals surface area contributed by atoms with Gasteiger partial charge in [0.15, 0.2) is 11.5 Å². The fourth-order valence-electron chi connectivity index (χ4n) is 2.81. The molecule has 3 rings (SSSR count). The van der Waals surface area contributed by atoms with Crippen LogP contribution in [0.1, 0.15) is 36.7 Å². The highest BCUT2D eigenvalue weighted by Gasteiger charge is 2.24. The van der Waals surface area contributed by atoms with Crippen molar-refractivity contribution >= 4 is 24.2 Å². The van der Waals surface area contributed by atoms with Crippen LogP contribution in [0.5, 0.6) is 0 Å². The third kappa shape index (κ3) is 2.88. The lowest BCUT2D eigenvalue weighted by molar-refractivity contribution is -0.131. The zero-order valence-corrected chi connectivity index (χ0v) is 13.0. The third-order valence-corrected chi connectivity index (χ3v) is 4.25. The number of piperidine rings is 1. The number of carbonyl (C=O) groups is 1. The number of fused-ring (bicyclic) bond motifs is 1. The molecule has 1 fully saturated rings. The van der Waals surface area contributed by atoms with Crippen LogP contribution in [0.15, 0.2) is 12.1 Å². The highest BCUT2D eigenvalue weighted by molar-refractivity contribution is 7.80. The van der Waals surface area contributed by atoms with E-state index in [0.29, 0.717) is 18.1 Å². The summed E-state index contributed by atoms with van der Waals surface area (Å²) in [6, 6.07) is 3.99. The molecule has 0 radical (unpaired) electrons. The second-order valence-corrected chi connectivity index (χ2v) is 5.85. The molecule has 0 N–H and O–H groups in total. The summed E-state index contributed by atoms with van der Waals surface area (Å²) in [7, 11) is 0. The van der Waals surface area contributed by atoms with Crippen molar-refractivity contribution in [1.82, 2.24) is 24.7 Å². The Balaban J connectivity index is 1.70. The van der Waals surface area contributed by atoms with Crippen LogP contribution in [0.3, 0.4) is 0 Å². The standard InChI is InChI=1S/C14H19N5OS/c1-10-15-16-13-3-2-12(17-19(10)13)11-4-7-18(8-5-11)14(20)6-9-21/h2-3,11,21H,4-9H2,1H3. The summed E-state index contributed by atoms with van der Waals surface area (Å²) in [5.74, 6) is 2.02. The summed E-state index contributed by atoms with van der Waals surface area (Å²) in [6.07, 6.45) is 2.44. The van der Waals surface area contributed by atoms with E-state index in [9.17, 15) is 4.79 Å². The Morgan fingerprint density at radius 2 is 2.10 bits per heavy atom. The molecule has 1 aliphatic heterocycles. The minimum absolute atomic E-state index is 0.210. The van der Waals surface area contributed by atoms with Crippen LogP contribution in [-0.2, 0) is 4.79 Å². The molecule has 0 unspecified atom stereocenters. The van der Waals surface area contributed by atoms with Crippen molar-refractivity contribution in [2.24, 2.45) is 0 Å². The summed E-state index contributed by atoms with van der Waals surface area (Å²) < 4.78 is 1.79. The molecule has 0 saturated carbocycles. The van der Waals surface area contributed by atoms with Crippen molar-refractivity contribution in [3.05, 3.63) is 23.7 Å². The Morgan fingerprint density at radius 3 is 2.81 bits per heavy atom. The number of aromatic nitrogens is 4. The van der Waals surface area contributed by atoms with E-state index in [-0.39, 0.29) is 5.91 Å². The zero-order valence-electron chi connectivity index (χ0n) is 12.1. The SMILES string of the molecule is Cc1nnc2ccc(C3CCN(C(=O)CCS)CC3)nn12. The average Bonchev–Trinajstić information content (AvgIpc) is 2.89. The van der Waals surface area contributed by atoms with Gasteiger partial charge in [0.2, 0.25) is 5.91 Å². The van der Waals surface area contributed by atoms with Crippen molar-refractivity contribution in [1.29, 1.82) is 0 Å². The molecule has 3 heterocycles. The Hall–Kier alpha value is -1.63. The first kappa shape index (κ1) is 14.3. The maximum atomic E-state index is 11.9. The number of hydrogen-bond donors (Lipinski definition) is 1. The number of carbonyl (C=O) groups excluding carboxylic acids is 1. The lowest BCUT2D eigenvalue weighted by atomic mass is 9.93. The predicted octanol–water partition coefficient (Wildman–Crippen LogP) is 1.46. The first-order valence-electron chi connectivity index (χ1n) is 7.26. The van der Waals surface area contributed by atoms with E-state index >= 15 is 0 Å². The minimum Gasteiger partial charge on any atom is -0.343 e. The summed E-state index contributed by atoms with van der Waals surface area (Å²) in [6.45, 7) is 3.51. The van der Waals surface area contributed by atoms with Crippen molar-refractivity contribution in [2.75, 3.05) is 18.8 Å². The molecule has 0 aromatic carbocycles. The quantitative estimate of drug-likeness (QED) is 0.872. The maximum absolute atomic E-state index is 11.9. The second kappa shape index (κ2) is 6.01. The summed E-state index contributed by atoms with van der Waals surface area (Å²) in [5, 5.41) is 12.7. The first-order chi connectivity index (χ1) is 10.2. The van der Waals surface area contributed by atoms with E-state index in [1.54, 1.807) is 4.52 Å². The first-order valence-corrected chi connectivity index (χ1v) is 7.90. The molecule has 2 aromatic rings. The van der Waals surface area contributed by atoms with Crippen LogP contribution >= 0.6 is 12.6 Å². The number of aryl methyl sites for hydroxylation is 1. The van der Waals surface area contributed by atoms with E-state index in [4.69, 9.17) is 0 Å². The molecule has 7 heteroatoms. The zero-order chi connectivity index (χ0) is 14.8. The van der Waals surface area contributed by atoms with Gasteiger partial charge in [-0.25, -0.2) is 0 Å². The molecule has 6 nitrogen and oxygen atoms in total. The maximum Gasteiger partial charge on any atom is 0.223 e. The summed E-state index contributed by atoms with van der Waals surface area (Å²) >= 11 is 4.12. The largest absolute Gasteiger partial charge is 0.343 e. The summed E-state index contributed by atoms with van der Waals surface area (Å²) in [4.78, 5) is 13.8. The second-order valence-electron chi connectivity index (χ2n) is 5.40. The highest BCUT2D eigenvalue weighted by Crippen LogP contribution is 2.27. The smallest absolute Gasteiger partial charge is 0.223 e. The predicted molar refractivity (Wildman–Crippen MR) is 82.5 cm³/mol. The van der Waals surface area contributed by atoms with E-state index in [1.165, 1.54) is 0 Å². The van der Waals surface area contributed by atoms with Gasteiger partial charge in [-0.1, -0.05) is 0 Å². The van der Waals surface area contributed by atoms with Crippen LogP contribution < -0.4 is 0 Å². The van der Waals surface area contributed by atoms with Crippen LogP contribution in [0.2, 0.25) is 0 Å². The highest BCUT2D eigenvalue weighted by atomic mass is 32.1. The fraction of sp³-hybridized carbons (Fsp3) is 0.571. The molecule has 2 aromatic heterocycles. The Labute approximate surface area is 129 Å². The number of likely N-dealkylation sites (tertiary alicyclic amines) is 1. The number of hydrogen-bond acceptors (Lipinski definition) is 5. The molecular weight excluding hydrogens is 286 g/mol. The number of rotatable bonds is 3. The molecule has 0 aliphatic carbocycles. The number of thiol groups is 1. The van der Waals surface area contributed by atoms with Crippen LogP contribution in [0.25, 0.3) is 5.65 Å². The van der Waals surface area contributed by atoms with Crippen LogP contribution in [0.4, 0.5) is 0 Å². The normalized spacial score (nSPS) is 16.6. The minimum atomic E-state index is 0.210. The molecule has 1 aliphatic rings. The van der Waals surface area contributed by atoms with Gasteiger partial charge in [-0.15, -0.1) is 10.2 Å². The van der Waals surface area contributed by atoms with Gasteiger partial charge in [0.1, 0.15) is 0 Å². The Kier molecular flexibility index (Phi) is 4.10. The molecule has 1 amide bonds. The number of amides is 1. The average molecular weight is 305 g/mol. The topological polar surface area (TPSA) is 63.4 Å². The Morgan fingerprint density at radius 1 is 1.33 bits per heavy atom. The molecule has 112 valence electrons. The van der Waals surface area contributed by atoms with Gasteiger partial charge >= 0.3 is 0 Å². The number of nitrogens with zero attached hydrogens (tertiary/aromatic N) is 5. The van der Waals surface area contributed by atoms with Crippen molar-refractivity contribution < 1.29 is 4.79 Å². The third-order valence-electron chi connectivity index (χ3n) is 4.03. The molecule has 1 saturated heterocycles. The van der Waals surface area contributed by atoms with Gasteiger partial charge in [0.25, 0.3) is 0 Å².